The zero-order valence-corrected chi connectivity index (χ0v) is 14.4. The van der Waals surface area contributed by atoms with E-state index in [9.17, 15) is 0 Å². The van der Waals surface area contributed by atoms with Gasteiger partial charge in [-0.3, -0.25) is 0 Å². The Hall–Kier alpha value is -1.82. The third-order valence-electron chi connectivity index (χ3n) is 5.21. The molecule has 1 fully saturated rings. The molecule has 0 saturated heterocycles. The quantitative estimate of drug-likeness (QED) is 0.527. The van der Waals surface area contributed by atoms with Gasteiger partial charge >= 0.3 is 0 Å². The maximum absolute atomic E-state index is 4.11. The van der Waals surface area contributed by atoms with Crippen LogP contribution < -0.4 is 0 Å². The van der Waals surface area contributed by atoms with Crippen molar-refractivity contribution in [3.05, 3.63) is 76.9 Å². The highest BCUT2D eigenvalue weighted by atomic mass is 14.3. The highest BCUT2D eigenvalue weighted by Crippen LogP contribution is 2.40. The molecule has 2 aliphatic rings. The van der Waals surface area contributed by atoms with E-state index in [1.807, 2.05) is 0 Å². The molecular weight excluding hydrogens is 276 g/mol. The third-order valence-corrected chi connectivity index (χ3v) is 5.21. The first-order valence-electron chi connectivity index (χ1n) is 9.14. The van der Waals surface area contributed by atoms with Crippen LogP contribution >= 0.6 is 0 Å². The number of benzene rings is 1. The maximum atomic E-state index is 4.11. The average Bonchev–Trinajstić information content (AvgIpc) is 2.92. The van der Waals surface area contributed by atoms with Crippen LogP contribution in [0.5, 0.6) is 0 Å². The smallest absolute Gasteiger partial charge is 0.0114 e. The topological polar surface area (TPSA) is 0 Å². The normalized spacial score (nSPS) is 19.5. The number of fused-ring (bicyclic) bond motifs is 1. The Morgan fingerprint density at radius 1 is 0.913 bits per heavy atom. The zero-order chi connectivity index (χ0) is 16.1. The van der Waals surface area contributed by atoms with Crippen LogP contribution in [0.3, 0.4) is 0 Å². The number of aryl methyl sites for hydroxylation is 1. The Morgan fingerprint density at radius 2 is 1.65 bits per heavy atom. The Balaban J connectivity index is 2.25. The number of allylic oxidation sites excluding steroid dienone is 7. The molecule has 2 aliphatic carbocycles. The molecule has 0 aliphatic heterocycles. The van der Waals surface area contributed by atoms with Crippen LogP contribution in [0.15, 0.2) is 65.8 Å². The van der Waals surface area contributed by atoms with Crippen molar-refractivity contribution in [1.82, 2.24) is 0 Å². The lowest BCUT2D eigenvalue weighted by molar-refractivity contribution is 0.702. The van der Waals surface area contributed by atoms with Crippen molar-refractivity contribution >= 4 is 5.57 Å². The van der Waals surface area contributed by atoms with Gasteiger partial charge in [0.25, 0.3) is 0 Å². The molecule has 0 heterocycles. The van der Waals surface area contributed by atoms with E-state index in [2.05, 4.69) is 56.0 Å². The fourth-order valence-electron chi connectivity index (χ4n) is 4.05. The summed E-state index contributed by atoms with van der Waals surface area (Å²) in [7, 11) is 0. The van der Waals surface area contributed by atoms with Gasteiger partial charge < -0.3 is 0 Å². The SMILES string of the molecule is C=CC1=C(/C=C\C)C(=C2CCCCCC2)c2ccccc2CC1. The van der Waals surface area contributed by atoms with Gasteiger partial charge in [-0.1, -0.05) is 67.5 Å². The van der Waals surface area contributed by atoms with Crippen molar-refractivity contribution < 1.29 is 0 Å². The summed E-state index contributed by atoms with van der Waals surface area (Å²) >= 11 is 0. The summed E-state index contributed by atoms with van der Waals surface area (Å²) in [4.78, 5) is 0. The molecule has 0 heteroatoms. The summed E-state index contributed by atoms with van der Waals surface area (Å²) in [5.41, 5.74) is 8.99. The second-order valence-electron chi connectivity index (χ2n) is 6.69. The van der Waals surface area contributed by atoms with E-state index >= 15 is 0 Å². The van der Waals surface area contributed by atoms with Crippen LogP contribution in [0.4, 0.5) is 0 Å². The molecule has 0 bridgehead atoms. The maximum Gasteiger partial charge on any atom is -0.0114 e. The molecule has 0 nitrogen and oxygen atoms in total. The van der Waals surface area contributed by atoms with Gasteiger partial charge in [0.15, 0.2) is 0 Å². The predicted octanol–water partition coefficient (Wildman–Crippen LogP) is 6.80. The van der Waals surface area contributed by atoms with Gasteiger partial charge in [-0.2, -0.15) is 0 Å². The van der Waals surface area contributed by atoms with Gasteiger partial charge in [0.1, 0.15) is 0 Å². The number of rotatable bonds is 2. The summed E-state index contributed by atoms with van der Waals surface area (Å²) in [6.07, 6.45) is 16.8. The molecule has 0 amide bonds. The summed E-state index contributed by atoms with van der Waals surface area (Å²) in [6.45, 7) is 6.23. The van der Waals surface area contributed by atoms with Crippen LogP contribution in [0.25, 0.3) is 5.57 Å². The molecule has 0 unspecified atom stereocenters. The molecule has 0 atom stereocenters. The predicted molar refractivity (Wildman–Crippen MR) is 101 cm³/mol. The molecule has 0 spiro atoms. The fourth-order valence-corrected chi connectivity index (χ4v) is 4.05. The fraction of sp³-hybridized carbons (Fsp3) is 0.391. The molecule has 1 aromatic rings. The molecular formula is C23H28. The van der Waals surface area contributed by atoms with Crippen molar-refractivity contribution in [2.24, 2.45) is 0 Å². The molecule has 120 valence electrons. The molecule has 23 heavy (non-hydrogen) atoms. The van der Waals surface area contributed by atoms with Gasteiger partial charge in [0.05, 0.1) is 0 Å². The van der Waals surface area contributed by atoms with E-state index in [1.165, 1.54) is 66.4 Å². The highest BCUT2D eigenvalue weighted by molar-refractivity contribution is 5.87. The lowest BCUT2D eigenvalue weighted by Crippen LogP contribution is -1.98. The molecule has 0 aromatic heterocycles. The van der Waals surface area contributed by atoms with E-state index in [-0.39, 0.29) is 0 Å². The van der Waals surface area contributed by atoms with Gasteiger partial charge in [-0.15, -0.1) is 0 Å². The van der Waals surface area contributed by atoms with E-state index in [1.54, 1.807) is 5.57 Å². The molecule has 0 radical (unpaired) electrons. The summed E-state index contributed by atoms with van der Waals surface area (Å²) in [5, 5.41) is 0. The zero-order valence-electron chi connectivity index (χ0n) is 14.4. The second-order valence-corrected chi connectivity index (χ2v) is 6.69. The second kappa shape index (κ2) is 7.64. The lowest BCUT2D eigenvalue weighted by atomic mass is 9.86. The number of hydrogen-bond donors (Lipinski definition) is 0. The van der Waals surface area contributed by atoms with Crippen LogP contribution in [0.1, 0.15) is 63.0 Å². The summed E-state index contributed by atoms with van der Waals surface area (Å²) < 4.78 is 0. The van der Waals surface area contributed by atoms with Crippen LogP contribution in [-0.4, -0.2) is 0 Å². The largest absolute Gasteiger partial charge is 0.0988 e. The minimum atomic E-state index is 1.09. The highest BCUT2D eigenvalue weighted by Gasteiger charge is 2.21. The molecule has 0 N–H and O–H groups in total. The van der Waals surface area contributed by atoms with Crippen molar-refractivity contribution in [3.8, 4) is 0 Å². The van der Waals surface area contributed by atoms with Crippen molar-refractivity contribution in [1.29, 1.82) is 0 Å². The Labute approximate surface area is 141 Å². The van der Waals surface area contributed by atoms with Crippen LogP contribution in [0, 0.1) is 0 Å². The first kappa shape index (κ1) is 16.1. The van der Waals surface area contributed by atoms with Gasteiger partial charge in [0.2, 0.25) is 0 Å². The average molecular weight is 304 g/mol. The molecule has 1 saturated carbocycles. The Morgan fingerprint density at radius 3 is 2.35 bits per heavy atom. The van der Waals surface area contributed by atoms with Gasteiger partial charge in [-0.25, -0.2) is 0 Å². The van der Waals surface area contributed by atoms with E-state index in [0.717, 1.165) is 12.8 Å². The van der Waals surface area contributed by atoms with Gasteiger partial charge in [-0.05, 0) is 73.3 Å². The van der Waals surface area contributed by atoms with E-state index in [4.69, 9.17) is 0 Å². The monoisotopic (exact) mass is 304 g/mol. The van der Waals surface area contributed by atoms with E-state index < -0.39 is 0 Å². The minimum Gasteiger partial charge on any atom is -0.0988 e. The van der Waals surface area contributed by atoms with Gasteiger partial charge in [0, 0.05) is 0 Å². The summed E-state index contributed by atoms with van der Waals surface area (Å²) in [5.74, 6) is 0. The van der Waals surface area contributed by atoms with E-state index in [0.29, 0.717) is 0 Å². The van der Waals surface area contributed by atoms with Crippen molar-refractivity contribution in [3.63, 3.8) is 0 Å². The summed E-state index contributed by atoms with van der Waals surface area (Å²) in [6, 6.07) is 9.02. The minimum absolute atomic E-state index is 1.09. The van der Waals surface area contributed by atoms with Crippen LogP contribution in [-0.2, 0) is 6.42 Å². The van der Waals surface area contributed by atoms with Crippen LogP contribution in [0.2, 0.25) is 0 Å². The Kier molecular flexibility index (Phi) is 5.33. The number of hydrogen-bond acceptors (Lipinski definition) is 0. The molecule has 1 aromatic carbocycles. The standard InChI is InChI=1S/C23H28/c1-3-11-21-18(4-2)16-17-19-12-9-10-15-22(19)23(21)20-13-7-5-6-8-14-20/h3-4,9-12,15H,2,5-8,13-14,16-17H2,1H3/b11-3-. The Bertz CT molecular complexity index is 657. The van der Waals surface area contributed by atoms with Crippen molar-refractivity contribution in [2.45, 2.75) is 58.3 Å². The third kappa shape index (κ3) is 3.42. The lowest BCUT2D eigenvalue weighted by Gasteiger charge is -2.18. The first-order chi connectivity index (χ1) is 11.3. The molecule has 3 rings (SSSR count). The first-order valence-corrected chi connectivity index (χ1v) is 9.14. The van der Waals surface area contributed by atoms with Crippen molar-refractivity contribution in [2.75, 3.05) is 0 Å².